The maximum Gasteiger partial charge on any atom is 0.314 e. The molecule has 6 heteroatoms. The Balaban J connectivity index is 2.51. The number of carbonyl (C=O) groups is 1. The largest absolute Gasteiger partial charge is 0.481 e. The van der Waals surface area contributed by atoms with E-state index in [4.69, 9.17) is 5.11 Å². The van der Waals surface area contributed by atoms with Crippen LogP contribution in [0.25, 0.3) is 5.78 Å². The molecule has 0 spiro atoms. The fourth-order valence-corrected chi connectivity index (χ4v) is 1.19. The van der Waals surface area contributed by atoms with Gasteiger partial charge in [0.15, 0.2) is 5.82 Å². The summed E-state index contributed by atoms with van der Waals surface area (Å²) in [5, 5.41) is 12.9. The first-order chi connectivity index (χ1) is 7.08. The molecule has 2 rings (SSSR count). The number of aliphatic carboxylic acids is 1. The van der Waals surface area contributed by atoms with Crippen LogP contribution in [0.2, 0.25) is 0 Å². The number of fused-ring (bicyclic) bond motifs is 1. The molecule has 1 atom stereocenters. The van der Waals surface area contributed by atoms with Gasteiger partial charge >= 0.3 is 5.97 Å². The molecule has 78 valence electrons. The molecule has 2 aromatic rings. The van der Waals surface area contributed by atoms with Gasteiger partial charge in [-0.2, -0.15) is 4.98 Å². The van der Waals surface area contributed by atoms with Gasteiger partial charge < -0.3 is 5.11 Å². The quantitative estimate of drug-likeness (QED) is 0.779. The first-order valence-electron chi connectivity index (χ1n) is 4.49. The van der Waals surface area contributed by atoms with Crippen LogP contribution in [0.1, 0.15) is 24.2 Å². The Morgan fingerprint density at radius 1 is 1.60 bits per heavy atom. The fraction of sp³-hybridized carbons (Fsp3) is 0.333. The van der Waals surface area contributed by atoms with Crippen LogP contribution in [0.3, 0.4) is 0 Å². The van der Waals surface area contributed by atoms with Gasteiger partial charge in [0.2, 0.25) is 0 Å². The zero-order valence-electron chi connectivity index (χ0n) is 8.38. The minimum Gasteiger partial charge on any atom is -0.481 e. The molecule has 2 aromatic heterocycles. The fourth-order valence-electron chi connectivity index (χ4n) is 1.19. The molecule has 0 saturated heterocycles. The van der Waals surface area contributed by atoms with Crippen molar-refractivity contribution in [3.05, 3.63) is 23.8 Å². The summed E-state index contributed by atoms with van der Waals surface area (Å²) in [6.45, 7) is 3.43. The molecule has 0 aliphatic heterocycles. The molecule has 0 amide bonds. The third-order valence-electron chi connectivity index (χ3n) is 2.10. The lowest BCUT2D eigenvalue weighted by atomic mass is 10.2. The molecule has 1 N–H and O–H groups in total. The van der Waals surface area contributed by atoms with E-state index in [-0.39, 0.29) is 5.82 Å². The summed E-state index contributed by atoms with van der Waals surface area (Å²) >= 11 is 0. The second kappa shape index (κ2) is 3.30. The summed E-state index contributed by atoms with van der Waals surface area (Å²) in [5.74, 6) is -0.959. The Morgan fingerprint density at radius 3 is 3.00 bits per heavy atom. The molecule has 6 nitrogen and oxygen atoms in total. The van der Waals surface area contributed by atoms with Crippen molar-refractivity contribution in [2.45, 2.75) is 19.8 Å². The van der Waals surface area contributed by atoms with E-state index in [0.29, 0.717) is 5.78 Å². The van der Waals surface area contributed by atoms with Crippen molar-refractivity contribution in [3.8, 4) is 0 Å². The Morgan fingerprint density at radius 2 is 2.33 bits per heavy atom. The Kier molecular flexibility index (Phi) is 2.11. The highest BCUT2D eigenvalue weighted by atomic mass is 16.4. The summed E-state index contributed by atoms with van der Waals surface area (Å²) in [6.07, 6.45) is 3.42. The minimum absolute atomic E-state index is 0.278. The van der Waals surface area contributed by atoms with Crippen molar-refractivity contribution in [1.82, 2.24) is 19.6 Å². The van der Waals surface area contributed by atoms with Gasteiger partial charge in [0.25, 0.3) is 5.78 Å². The lowest BCUT2D eigenvalue weighted by Gasteiger charge is -1.97. The summed E-state index contributed by atoms with van der Waals surface area (Å²) in [4.78, 5) is 18.8. The van der Waals surface area contributed by atoms with E-state index in [2.05, 4.69) is 15.1 Å². The van der Waals surface area contributed by atoms with Crippen LogP contribution in [0.15, 0.2) is 12.4 Å². The first kappa shape index (κ1) is 9.57. The Hall–Kier alpha value is -1.98. The number of nitrogens with zero attached hydrogens (tertiary/aromatic N) is 4. The number of aryl methyl sites for hydroxylation is 1. The van der Waals surface area contributed by atoms with Crippen LogP contribution in [0, 0.1) is 6.92 Å². The van der Waals surface area contributed by atoms with Gasteiger partial charge in [-0.25, -0.2) is 9.50 Å². The van der Waals surface area contributed by atoms with Gasteiger partial charge in [-0.05, 0) is 19.4 Å². The molecule has 0 aliphatic rings. The molecule has 0 aromatic carbocycles. The van der Waals surface area contributed by atoms with Crippen molar-refractivity contribution in [3.63, 3.8) is 0 Å². The van der Waals surface area contributed by atoms with Gasteiger partial charge in [0, 0.05) is 12.4 Å². The van der Waals surface area contributed by atoms with E-state index >= 15 is 0 Å². The van der Waals surface area contributed by atoms with Crippen molar-refractivity contribution < 1.29 is 9.90 Å². The van der Waals surface area contributed by atoms with Crippen LogP contribution in [-0.4, -0.2) is 30.7 Å². The second-order valence-corrected chi connectivity index (χ2v) is 3.41. The molecule has 1 unspecified atom stereocenters. The molecule has 0 fully saturated rings. The summed E-state index contributed by atoms with van der Waals surface area (Å²) in [5.41, 5.74) is 0.946. The number of rotatable bonds is 2. The van der Waals surface area contributed by atoms with Crippen LogP contribution in [0.4, 0.5) is 0 Å². The molecule has 0 bridgehead atoms. The summed E-state index contributed by atoms with van der Waals surface area (Å²) in [7, 11) is 0. The van der Waals surface area contributed by atoms with Crippen molar-refractivity contribution in [1.29, 1.82) is 0 Å². The summed E-state index contributed by atoms with van der Waals surface area (Å²) < 4.78 is 1.49. The number of carboxylic acids is 1. The monoisotopic (exact) mass is 206 g/mol. The normalized spacial score (nSPS) is 12.9. The topological polar surface area (TPSA) is 80.4 Å². The van der Waals surface area contributed by atoms with E-state index in [1.165, 1.54) is 4.52 Å². The van der Waals surface area contributed by atoms with E-state index in [1.54, 1.807) is 19.3 Å². The van der Waals surface area contributed by atoms with Gasteiger partial charge in [-0.3, -0.25) is 4.79 Å². The summed E-state index contributed by atoms with van der Waals surface area (Å²) in [6, 6.07) is 0. The second-order valence-electron chi connectivity index (χ2n) is 3.41. The molecule has 0 saturated carbocycles. The van der Waals surface area contributed by atoms with Crippen LogP contribution in [-0.2, 0) is 4.79 Å². The number of carboxylic acid groups (broad SMARTS) is 1. The number of hydrogen-bond acceptors (Lipinski definition) is 4. The van der Waals surface area contributed by atoms with Crippen molar-refractivity contribution in [2.24, 2.45) is 0 Å². The van der Waals surface area contributed by atoms with Gasteiger partial charge in [-0.15, -0.1) is 5.10 Å². The average Bonchev–Trinajstić information content (AvgIpc) is 2.58. The van der Waals surface area contributed by atoms with E-state index in [9.17, 15) is 4.79 Å². The zero-order chi connectivity index (χ0) is 11.0. The SMILES string of the molecule is Cc1cnc2nc(C(C)C(=O)O)nn2c1. The van der Waals surface area contributed by atoms with Crippen molar-refractivity contribution in [2.75, 3.05) is 0 Å². The maximum atomic E-state index is 10.7. The molecule has 2 heterocycles. The highest BCUT2D eigenvalue weighted by Crippen LogP contribution is 2.11. The van der Waals surface area contributed by atoms with E-state index in [1.807, 2.05) is 6.92 Å². The third-order valence-corrected chi connectivity index (χ3v) is 2.10. The van der Waals surface area contributed by atoms with E-state index < -0.39 is 11.9 Å². The third kappa shape index (κ3) is 1.65. The highest BCUT2D eigenvalue weighted by molar-refractivity contribution is 5.74. The molecular weight excluding hydrogens is 196 g/mol. The zero-order valence-corrected chi connectivity index (χ0v) is 8.38. The Labute approximate surface area is 85.6 Å². The molecule has 15 heavy (non-hydrogen) atoms. The number of hydrogen-bond donors (Lipinski definition) is 1. The average molecular weight is 206 g/mol. The van der Waals surface area contributed by atoms with E-state index in [0.717, 1.165) is 5.56 Å². The molecule has 0 aliphatic carbocycles. The first-order valence-corrected chi connectivity index (χ1v) is 4.49. The van der Waals surface area contributed by atoms with Crippen LogP contribution in [0.5, 0.6) is 0 Å². The van der Waals surface area contributed by atoms with Gasteiger partial charge in [-0.1, -0.05) is 0 Å². The lowest BCUT2D eigenvalue weighted by Crippen LogP contribution is -2.09. The highest BCUT2D eigenvalue weighted by Gasteiger charge is 2.19. The maximum absolute atomic E-state index is 10.7. The van der Waals surface area contributed by atoms with Crippen LogP contribution < -0.4 is 0 Å². The standard InChI is InChI=1S/C9H10N4O2/c1-5-3-10-9-11-7(6(2)8(14)15)12-13(9)4-5/h3-4,6H,1-2H3,(H,14,15). The van der Waals surface area contributed by atoms with Crippen molar-refractivity contribution >= 4 is 11.7 Å². The predicted molar refractivity (Wildman–Crippen MR) is 51.6 cm³/mol. The number of aromatic nitrogens is 4. The predicted octanol–water partition coefficient (Wildman–Crippen LogP) is 0.621. The van der Waals surface area contributed by atoms with Gasteiger partial charge in [0.1, 0.15) is 5.92 Å². The lowest BCUT2D eigenvalue weighted by molar-refractivity contribution is -0.138. The van der Waals surface area contributed by atoms with Gasteiger partial charge in [0.05, 0.1) is 0 Å². The molecular formula is C9H10N4O2. The van der Waals surface area contributed by atoms with Crippen LogP contribution >= 0.6 is 0 Å². The Bertz CT molecular complexity index is 520. The minimum atomic E-state index is -0.942. The molecule has 0 radical (unpaired) electrons. The smallest absolute Gasteiger partial charge is 0.314 e.